The minimum absolute atomic E-state index is 0.139. The van der Waals surface area contributed by atoms with Crippen molar-refractivity contribution in [3.05, 3.63) is 83.4 Å². The number of carbonyl (C=O) groups is 1. The highest BCUT2D eigenvalue weighted by atomic mass is 19.1. The van der Waals surface area contributed by atoms with E-state index < -0.39 is 11.7 Å². The molecule has 0 atom stereocenters. The zero-order valence-electron chi connectivity index (χ0n) is 14.0. The summed E-state index contributed by atoms with van der Waals surface area (Å²) in [7, 11) is 0. The van der Waals surface area contributed by atoms with Crippen molar-refractivity contribution in [3.8, 4) is 0 Å². The molecule has 0 unspecified atom stereocenters. The molecular weight excluding hydrogens is 317 g/mol. The molecule has 0 fully saturated rings. The van der Waals surface area contributed by atoms with Gasteiger partial charge in [-0.2, -0.15) is 0 Å². The van der Waals surface area contributed by atoms with Crippen LogP contribution in [-0.4, -0.2) is 10.9 Å². The topological polar surface area (TPSA) is 54.0 Å². The number of halogens is 1. The van der Waals surface area contributed by atoms with Crippen molar-refractivity contribution in [2.24, 2.45) is 0 Å². The van der Waals surface area contributed by atoms with Crippen LogP contribution in [0.2, 0.25) is 0 Å². The summed E-state index contributed by atoms with van der Waals surface area (Å²) in [5.41, 5.74) is 4.38. The number of aromatic nitrogens is 1. The van der Waals surface area contributed by atoms with Crippen LogP contribution in [0.15, 0.2) is 60.9 Å². The molecule has 0 bridgehead atoms. The highest BCUT2D eigenvalue weighted by Crippen LogP contribution is 2.20. The first-order chi connectivity index (χ1) is 12.0. The van der Waals surface area contributed by atoms with Gasteiger partial charge in [0.2, 0.25) is 0 Å². The number of pyridine rings is 1. The van der Waals surface area contributed by atoms with Gasteiger partial charge < -0.3 is 10.6 Å². The molecule has 3 aromatic rings. The summed E-state index contributed by atoms with van der Waals surface area (Å²) in [6, 6.07) is 13.8. The lowest BCUT2D eigenvalue weighted by atomic mass is 10.1. The van der Waals surface area contributed by atoms with Gasteiger partial charge in [0.1, 0.15) is 5.82 Å². The molecule has 1 heterocycles. The predicted octanol–water partition coefficient (Wildman–Crippen LogP) is 4.83. The molecule has 0 saturated carbocycles. The first kappa shape index (κ1) is 16.6. The van der Waals surface area contributed by atoms with E-state index in [-0.39, 0.29) is 5.69 Å². The molecule has 0 aliphatic carbocycles. The van der Waals surface area contributed by atoms with Gasteiger partial charge in [-0.25, -0.2) is 4.39 Å². The standard InChI is InChI=1S/C20H18FN3O/c1-13-7-14(2)9-16(8-13)23-17-10-15(11-22-12-17)20(25)24-19-6-4-3-5-18(19)21/h3-12,23H,1-2H3,(H,24,25). The molecule has 2 N–H and O–H groups in total. The van der Waals surface area contributed by atoms with Crippen molar-refractivity contribution >= 4 is 23.0 Å². The van der Waals surface area contributed by atoms with Crippen molar-refractivity contribution in [1.29, 1.82) is 0 Å². The Bertz CT molecular complexity index is 904. The Morgan fingerprint density at radius 1 is 0.960 bits per heavy atom. The third-order valence-corrected chi connectivity index (χ3v) is 3.63. The van der Waals surface area contributed by atoms with Crippen LogP contribution in [-0.2, 0) is 0 Å². The first-order valence-corrected chi connectivity index (χ1v) is 7.87. The lowest BCUT2D eigenvalue weighted by Gasteiger charge is -2.10. The molecule has 1 aromatic heterocycles. The summed E-state index contributed by atoms with van der Waals surface area (Å²) in [5, 5.41) is 5.79. The van der Waals surface area contributed by atoms with Crippen LogP contribution >= 0.6 is 0 Å². The van der Waals surface area contributed by atoms with Crippen LogP contribution in [0.25, 0.3) is 0 Å². The second-order valence-electron chi connectivity index (χ2n) is 5.90. The summed E-state index contributed by atoms with van der Waals surface area (Å²) in [6.45, 7) is 4.05. The normalized spacial score (nSPS) is 10.4. The highest BCUT2D eigenvalue weighted by Gasteiger charge is 2.10. The number of rotatable bonds is 4. The van der Waals surface area contributed by atoms with Crippen LogP contribution in [0.5, 0.6) is 0 Å². The highest BCUT2D eigenvalue weighted by molar-refractivity contribution is 6.04. The number of para-hydroxylation sites is 1. The van der Waals surface area contributed by atoms with Crippen LogP contribution < -0.4 is 10.6 Å². The van der Waals surface area contributed by atoms with Gasteiger partial charge in [0.05, 0.1) is 23.1 Å². The number of amides is 1. The SMILES string of the molecule is Cc1cc(C)cc(Nc2cncc(C(=O)Nc3ccccc3F)c2)c1. The molecule has 0 aliphatic rings. The van der Waals surface area contributed by atoms with E-state index in [1.807, 2.05) is 26.0 Å². The maximum absolute atomic E-state index is 13.7. The molecule has 0 spiro atoms. The average molecular weight is 335 g/mol. The average Bonchev–Trinajstić information content (AvgIpc) is 2.56. The fraction of sp³-hybridized carbons (Fsp3) is 0.100. The Morgan fingerprint density at radius 3 is 2.40 bits per heavy atom. The monoisotopic (exact) mass is 335 g/mol. The zero-order valence-corrected chi connectivity index (χ0v) is 14.0. The molecule has 126 valence electrons. The minimum Gasteiger partial charge on any atom is -0.354 e. The van der Waals surface area contributed by atoms with Crippen molar-refractivity contribution in [3.63, 3.8) is 0 Å². The van der Waals surface area contributed by atoms with Crippen molar-refractivity contribution in [2.45, 2.75) is 13.8 Å². The molecular formula is C20H18FN3O. The predicted molar refractivity (Wildman–Crippen MR) is 97.8 cm³/mol. The fourth-order valence-electron chi connectivity index (χ4n) is 2.60. The van der Waals surface area contributed by atoms with Gasteiger partial charge in [0, 0.05) is 11.9 Å². The van der Waals surface area contributed by atoms with Crippen molar-refractivity contribution < 1.29 is 9.18 Å². The number of carbonyl (C=O) groups excluding carboxylic acids is 1. The number of aryl methyl sites for hydroxylation is 2. The molecule has 0 saturated heterocycles. The number of hydrogen-bond acceptors (Lipinski definition) is 3. The summed E-state index contributed by atoms with van der Waals surface area (Å²) in [5.74, 6) is -0.894. The Kier molecular flexibility index (Phi) is 4.75. The molecule has 2 aromatic carbocycles. The molecule has 3 rings (SSSR count). The van der Waals surface area contributed by atoms with Crippen LogP contribution in [0.3, 0.4) is 0 Å². The Morgan fingerprint density at radius 2 is 1.68 bits per heavy atom. The van der Waals surface area contributed by atoms with Gasteiger partial charge in [-0.1, -0.05) is 18.2 Å². The number of nitrogens with zero attached hydrogens (tertiary/aromatic N) is 1. The van der Waals surface area contributed by atoms with Gasteiger partial charge in [0.25, 0.3) is 5.91 Å². The van der Waals surface area contributed by atoms with Gasteiger partial charge in [0.15, 0.2) is 0 Å². The summed E-state index contributed by atoms with van der Waals surface area (Å²) >= 11 is 0. The number of benzene rings is 2. The minimum atomic E-state index is -0.478. The van der Waals surface area contributed by atoms with E-state index in [1.165, 1.54) is 18.3 Å². The summed E-state index contributed by atoms with van der Waals surface area (Å²) in [6.07, 6.45) is 3.08. The Hall–Kier alpha value is -3.21. The third-order valence-electron chi connectivity index (χ3n) is 3.63. The molecule has 4 nitrogen and oxygen atoms in total. The molecule has 1 amide bonds. The molecule has 0 aliphatic heterocycles. The molecule has 0 radical (unpaired) electrons. The maximum atomic E-state index is 13.7. The van der Waals surface area contributed by atoms with Gasteiger partial charge in [-0.15, -0.1) is 0 Å². The van der Waals surface area contributed by atoms with Gasteiger partial charge >= 0.3 is 0 Å². The van der Waals surface area contributed by atoms with E-state index in [0.29, 0.717) is 11.3 Å². The maximum Gasteiger partial charge on any atom is 0.257 e. The van der Waals surface area contributed by atoms with E-state index in [9.17, 15) is 9.18 Å². The Balaban J connectivity index is 1.79. The van der Waals surface area contributed by atoms with E-state index in [2.05, 4.69) is 21.7 Å². The van der Waals surface area contributed by atoms with E-state index >= 15 is 0 Å². The zero-order chi connectivity index (χ0) is 17.8. The fourth-order valence-corrected chi connectivity index (χ4v) is 2.60. The Labute approximate surface area is 145 Å². The summed E-state index contributed by atoms with van der Waals surface area (Å²) in [4.78, 5) is 16.4. The first-order valence-electron chi connectivity index (χ1n) is 7.87. The number of nitrogens with one attached hydrogen (secondary N) is 2. The smallest absolute Gasteiger partial charge is 0.257 e. The lowest BCUT2D eigenvalue weighted by molar-refractivity contribution is 0.102. The largest absolute Gasteiger partial charge is 0.354 e. The van der Waals surface area contributed by atoms with E-state index in [1.54, 1.807) is 24.4 Å². The van der Waals surface area contributed by atoms with E-state index in [0.717, 1.165) is 16.8 Å². The quantitative estimate of drug-likeness (QED) is 0.718. The number of anilines is 3. The van der Waals surface area contributed by atoms with Gasteiger partial charge in [-0.05, 0) is 55.3 Å². The second kappa shape index (κ2) is 7.13. The third kappa shape index (κ3) is 4.20. The van der Waals surface area contributed by atoms with Crippen molar-refractivity contribution in [2.75, 3.05) is 10.6 Å². The lowest BCUT2D eigenvalue weighted by Crippen LogP contribution is -2.13. The van der Waals surface area contributed by atoms with Gasteiger partial charge in [-0.3, -0.25) is 9.78 Å². The summed E-state index contributed by atoms with van der Waals surface area (Å²) < 4.78 is 13.7. The second-order valence-corrected chi connectivity index (χ2v) is 5.90. The van der Waals surface area contributed by atoms with E-state index in [4.69, 9.17) is 0 Å². The molecule has 5 heteroatoms. The van der Waals surface area contributed by atoms with Crippen LogP contribution in [0.1, 0.15) is 21.5 Å². The van der Waals surface area contributed by atoms with Crippen LogP contribution in [0, 0.1) is 19.7 Å². The van der Waals surface area contributed by atoms with Crippen molar-refractivity contribution in [1.82, 2.24) is 4.98 Å². The molecule has 25 heavy (non-hydrogen) atoms. The number of hydrogen-bond donors (Lipinski definition) is 2. The van der Waals surface area contributed by atoms with Crippen LogP contribution in [0.4, 0.5) is 21.5 Å².